The molecule has 0 atom stereocenters. The molecule has 2 rings (SSSR count). The highest BCUT2D eigenvalue weighted by atomic mass is 35.5. The third kappa shape index (κ3) is 2.86. The largest absolute Gasteiger partial charge is 0.354 e. The van der Waals surface area contributed by atoms with Crippen molar-refractivity contribution in [3.63, 3.8) is 0 Å². The SMILES string of the molecule is CCCN(CCCl)c1cnc2ccccc2n1. The van der Waals surface area contributed by atoms with Gasteiger partial charge in [0.25, 0.3) is 0 Å². The van der Waals surface area contributed by atoms with Crippen molar-refractivity contribution in [2.45, 2.75) is 13.3 Å². The Balaban J connectivity index is 2.32. The molecule has 0 saturated heterocycles. The Morgan fingerprint density at radius 3 is 2.65 bits per heavy atom. The van der Waals surface area contributed by atoms with E-state index in [4.69, 9.17) is 11.6 Å². The number of aromatic nitrogens is 2. The molecule has 1 heterocycles. The van der Waals surface area contributed by atoms with Crippen LogP contribution in [0.2, 0.25) is 0 Å². The Hall–Kier alpha value is -1.35. The maximum absolute atomic E-state index is 5.81. The molecule has 17 heavy (non-hydrogen) atoms. The summed E-state index contributed by atoms with van der Waals surface area (Å²) in [6, 6.07) is 7.90. The monoisotopic (exact) mass is 249 g/mol. The van der Waals surface area contributed by atoms with Crippen LogP contribution < -0.4 is 4.90 Å². The maximum Gasteiger partial charge on any atom is 0.147 e. The number of anilines is 1. The zero-order valence-electron chi connectivity index (χ0n) is 9.93. The molecular formula is C13H16ClN3. The summed E-state index contributed by atoms with van der Waals surface area (Å²) < 4.78 is 0. The molecule has 1 aromatic carbocycles. The van der Waals surface area contributed by atoms with Gasteiger partial charge in [0.15, 0.2) is 0 Å². The third-order valence-electron chi connectivity index (χ3n) is 2.61. The first-order chi connectivity index (χ1) is 8.35. The molecule has 0 N–H and O–H groups in total. The smallest absolute Gasteiger partial charge is 0.147 e. The number of hydrogen-bond donors (Lipinski definition) is 0. The van der Waals surface area contributed by atoms with Crippen LogP contribution in [0.4, 0.5) is 5.82 Å². The van der Waals surface area contributed by atoms with Crippen LogP contribution in [0.25, 0.3) is 11.0 Å². The van der Waals surface area contributed by atoms with Gasteiger partial charge in [0.1, 0.15) is 5.82 Å². The second-order valence-electron chi connectivity index (χ2n) is 3.89. The first kappa shape index (κ1) is 12.1. The van der Waals surface area contributed by atoms with Gasteiger partial charge in [-0.15, -0.1) is 11.6 Å². The van der Waals surface area contributed by atoms with Gasteiger partial charge >= 0.3 is 0 Å². The average Bonchev–Trinajstić information content (AvgIpc) is 2.38. The van der Waals surface area contributed by atoms with Crippen molar-refractivity contribution in [1.29, 1.82) is 0 Å². The van der Waals surface area contributed by atoms with E-state index in [-0.39, 0.29) is 0 Å². The zero-order chi connectivity index (χ0) is 12.1. The fourth-order valence-corrected chi connectivity index (χ4v) is 2.02. The summed E-state index contributed by atoms with van der Waals surface area (Å²) in [7, 11) is 0. The van der Waals surface area contributed by atoms with Crippen molar-refractivity contribution in [2.75, 3.05) is 23.9 Å². The number of rotatable bonds is 5. The quantitative estimate of drug-likeness (QED) is 0.763. The fourth-order valence-electron chi connectivity index (χ4n) is 1.81. The van der Waals surface area contributed by atoms with Crippen molar-refractivity contribution < 1.29 is 0 Å². The van der Waals surface area contributed by atoms with Gasteiger partial charge in [0.2, 0.25) is 0 Å². The number of hydrogen-bond acceptors (Lipinski definition) is 3. The van der Waals surface area contributed by atoms with Crippen LogP contribution in [0, 0.1) is 0 Å². The molecule has 0 aliphatic rings. The van der Waals surface area contributed by atoms with E-state index in [1.165, 1.54) is 0 Å². The van der Waals surface area contributed by atoms with Crippen LogP contribution in [0.5, 0.6) is 0 Å². The van der Waals surface area contributed by atoms with Gasteiger partial charge in [0, 0.05) is 19.0 Å². The van der Waals surface area contributed by atoms with Crippen molar-refractivity contribution in [1.82, 2.24) is 9.97 Å². The van der Waals surface area contributed by atoms with E-state index in [0.717, 1.165) is 36.4 Å². The number of alkyl halides is 1. The summed E-state index contributed by atoms with van der Waals surface area (Å²) >= 11 is 5.81. The number of halogens is 1. The molecule has 1 aromatic heterocycles. The van der Waals surface area contributed by atoms with Gasteiger partial charge in [-0.2, -0.15) is 0 Å². The lowest BCUT2D eigenvalue weighted by Crippen LogP contribution is -2.27. The minimum absolute atomic E-state index is 0.606. The topological polar surface area (TPSA) is 29.0 Å². The molecule has 0 aliphatic heterocycles. The van der Waals surface area contributed by atoms with E-state index >= 15 is 0 Å². The molecule has 0 fully saturated rings. The molecule has 0 amide bonds. The maximum atomic E-state index is 5.81. The van der Waals surface area contributed by atoms with Crippen LogP contribution in [0.1, 0.15) is 13.3 Å². The molecule has 0 spiro atoms. The summed E-state index contributed by atoms with van der Waals surface area (Å²) in [5.74, 6) is 1.51. The standard InChI is InChI=1S/C13H16ClN3/c1-2-8-17(9-7-14)13-10-15-11-5-3-4-6-12(11)16-13/h3-6,10H,2,7-9H2,1H3. The molecule has 0 bridgehead atoms. The van der Waals surface area contributed by atoms with E-state index in [0.29, 0.717) is 5.88 Å². The zero-order valence-corrected chi connectivity index (χ0v) is 10.7. The summed E-state index contributed by atoms with van der Waals surface area (Å²) in [6.07, 6.45) is 2.90. The lowest BCUT2D eigenvalue weighted by atomic mass is 10.3. The molecule has 90 valence electrons. The summed E-state index contributed by atoms with van der Waals surface area (Å²) in [5, 5.41) is 0. The Labute approximate surface area is 106 Å². The Bertz CT molecular complexity index is 481. The molecule has 0 unspecified atom stereocenters. The Morgan fingerprint density at radius 2 is 1.94 bits per heavy atom. The minimum atomic E-state index is 0.606. The van der Waals surface area contributed by atoms with Gasteiger partial charge in [-0.3, -0.25) is 4.98 Å². The van der Waals surface area contributed by atoms with Gasteiger partial charge < -0.3 is 4.90 Å². The Kier molecular flexibility index (Phi) is 4.15. The van der Waals surface area contributed by atoms with Gasteiger partial charge in [0.05, 0.1) is 17.2 Å². The van der Waals surface area contributed by atoms with Crippen LogP contribution in [0.15, 0.2) is 30.5 Å². The van der Waals surface area contributed by atoms with Crippen molar-refractivity contribution in [3.8, 4) is 0 Å². The highest BCUT2D eigenvalue weighted by molar-refractivity contribution is 6.18. The van der Waals surface area contributed by atoms with Crippen LogP contribution in [-0.4, -0.2) is 28.9 Å². The van der Waals surface area contributed by atoms with E-state index in [1.54, 1.807) is 0 Å². The summed E-state index contributed by atoms with van der Waals surface area (Å²) in [5.41, 5.74) is 1.86. The minimum Gasteiger partial charge on any atom is -0.354 e. The van der Waals surface area contributed by atoms with E-state index in [1.807, 2.05) is 30.5 Å². The predicted octanol–water partition coefficient (Wildman–Crippen LogP) is 3.09. The Morgan fingerprint density at radius 1 is 1.18 bits per heavy atom. The van der Waals surface area contributed by atoms with Crippen LogP contribution >= 0.6 is 11.6 Å². The normalized spacial score (nSPS) is 10.7. The lowest BCUT2D eigenvalue weighted by Gasteiger charge is -2.21. The number of fused-ring (bicyclic) bond motifs is 1. The molecule has 0 radical (unpaired) electrons. The first-order valence-corrected chi connectivity index (χ1v) is 6.41. The second-order valence-corrected chi connectivity index (χ2v) is 4.27. The van der Waals surface area contributed by atoms with E-state index in [9.17, 15) is 0 Å². The fraction of sp³-hybridized carbons (Fsp3) is 0.385. The van der Waals surface area contributed by atoms with Gasteiger partial charge in [-0.05, 0) is 18.6 Å². The van der Waals surface area contributed by atoms with Crippen molar-refractivity contribution >= 4 is 28.5 Å². The number of para-hydroxylation sites is 2. The highest BCUT2D eigenvalue weighted by Crippen LogP contribution is 2.15. The lowest BCUT2D eigenvalue weighted by molar-refractivity contribution is 0.781. The summed E-state index contributed by atoms with van der Waals surface area (Å²) in [6.45, 7) is 3.91. The third-order valence-corrected chi connectivity index (χ3v) is 2.78. The van der Waals surface area contributed by atoms with E-state index in [2.05, 4.69) is 21.8 Å². The highest BCUT2D eigenvalue weighted by Gasteiger charge is 2.07. The predicted molar refractivity (Wildman–Crippen MR) is 72.8 cm³/mol. The van der Waals surface area contributed by atoms with E-state index < -0.39 is 0 Å². The molecule has 0 aliphatic carbocycles. The van der Waals surface area contributed by atoms with Gasteiger partial charge in [-0.1, -0.05) is 19.1 Å². The summed E-state index contributed by atoms with van der Waals surface area (Å²) in [4.78, 5) is 11.2. The first-order valence-electron chi connectivity index (χ1n) is 5.88. The molecule has 3 nitrogen and oxygen atoms in total. The van der Waals surface area contributed by atoms with Crippen LogP contribution in [-0.2, 0) is 0 Å². The molecule has 4 heteroatoms. The van der Waals surface area contributed by atoms with Crippen LogP contribution in [0.3, 0.4) is 0 Å². The van der Waals surface area contributed by atoms with Crippen molar-refractivity contribution in [2.24, 2.45) is 0 Å². The number of benzene rings is 1. The average molecular weight is 250 g/mol. The second kappa shape index (κ2) is 5.82. The molecule has 0 saturated carbocycles. The number of nitrogens with zero attached hydrogens (tertiary/aromatic N) is 3. The molecule has 2 aromatic rings. The molecular weight excluding hydrogens is 234 g/mol. The van der Waals surface area contributed by atoms with Crippen molar-refractivity contribution in [3.05, 3.63) is 30.5 Å². The van der Waals surface area contributed by atoms with Gasteiger partial charge in [-0.25, -0.2) is 4.98 Å².